The van der Waals surface area contributed by atoms with Gasteiger partial charge >= 0.3 is 0 Å². The predicted molar refractivity (Wildman–Crippen MR) is 124 cm³/mol. The topological polar surface area (TPSA) is 55.2 Å². The second kappa shape index (κ2) is 9.04. The van der Waals surface area contributed by atoms with Crippen molar-refractivity contribution in [1.29, 1.82) is 0 Å². The van der Waals surface area contributed by atoms with E-state index in [4.69, 9.17) is 0 Å². The number of nitrogens with zero attached hydrogens (tertiary/aromatic N) is 3. The van der Waals surface area contributed by atoms with Gasteiger partial charge in [0.1, 0.15) is 0 Å². The summed E-state index contributed by atoms with van der Waals surface area (Å²) in [6.07, 6.45) is 0. The Morgan fingerprint density at radius 3 is 2.33 bits per heavy atom. The van der Waals surface area contributed by atoms with Crippen LogP contribution in [-0.2, 0) is 11.3 Å². The quantitative estimate of drug-likeness (QED) is 0.418. The molecular formula is C24H29N3O2S. The molecule has 0 aliphatic rings. The highest BCUT2D eigenvalue weighted by Gasteiger charge is 2.27. The third-order valence-electron chi connectivity index (χ3n) is 4.91. The van der Waals surface area contributed by atoms with Crippen molar-refractivity contribution in [3.05, 3.63) is 70.5 Å². The zero-order valence-electron chi connectivity index (χ0n) is 18.3. The van der Waals surface area contributed by atoms with E-state index >= 15 is 0 Å². The summed E-state index contributed by atoms with van der Waals surface area (Å²) in [4.78, 5) is 32.7. The molecule has 158 valence electrons. The molecule has 0 aliphatic carbocycles. The number of hydrogen-bond acceptors (Lipinski definition) is 4. The zero-order valence-corrected chi connectivity index (χ0v) is 19.1. The number of fused-ring (bicyclic) bond motifs is 1. The van der Waals surface area contributed by atoms with Gasteiger partial charge in [0.05, 0.1) is 16.7 Å². The molecule has 1 heterocycles. The molecule has 0 spiro atoms. The SMILES string of the molecule is CC(C)n1c(SCC(=O)N(Cc2ccccc2)C(C)(C)C)nc2ccccc2c1=O. The molecule has 0 bridgehead atoms. The van der Waals surface area contributed by atoms with E-state index in [-0.39, 0.29) is 28.8 Å². The Morgan fingerprint density at radius 2 is 1.70 bits per heavy atom. The van der Waals surface area contributed by atoms with Gasteiger partial charge < -0.3 is 4.90 Å². The number of carbonyl (C=O) groups is 1. The number of benzene rings is 2. The van der Waals surface area contributed by atoms with E-state index in [1.54, 1.807) is 10.6 Å². The van der Waals surface area contributed by atoms with Gasteiger partial charge in [0.15, 0.2) is 5.16 Å². The van der Waals surface area contributed by atoms with Crippen LogP contribution in [0.15, 0.2) is 64.5 Å². The number of thioether (sulfide) groups is 1. The Labute approximate surface area is 182 Å². The third-order valence-corrected chi connectivity index (χ3v) is 5.85. The molecule has 0 saturated carbocycles. The molecule has 1 aromatic heterocycles. The average Bonchev–Trinajstić information content (AvgIpc) is 2.70. The lowest BCUT2D eigenvalue weighted by Crippen LogP contribution is -2.46. The molecule has 5 nitrogen and oxygen atoms in total. The summed E-state index contributed by atoms with van der Waals surface area (Å²) in [5, 5.41) is 1.18. The monoisotopic (exact) mass is 423 g/mol. The van der Waals surface area contributed by atoms with Crippen LogP contribution in [0.2, 0.25) is 0 Å². The minimum atomic E-state index is -0.317. The normalized spacial score (nSPS) is 11.8. The van der Waals surface area contributed by atoms with E-state index in [1.807, 2.05) is 88.0 Å². The largest absolute Gasteiger partial charge is 0.333 e. The summed E-state index contributed by atoms with van der Waals surface area (Å²) in [6, 6.07) is 17.3. The highest BCUT2D eigenvalue weighted by Crippen LogP contribution is 2.24. The minimum absolute atomic E-state index is 0.0223. The molecule has 3 rings (SSSR count). The first-order valence-electron chi connectivity index (χ1n) is 10.2. The predicted octanol–water partition coefficient (Wildman–Crippen LogP) is 4.90. The lowest BCUT2D eigenvalue weighted by molar-refractivity contribution is -0.133. The van der Waals surface area contributed by atoms with Gasteiger partial charge in [-0.25, -0.2) is 4.98 Å². The van der Waals surface area contributed by atoms with Crippen LogP contribution in [-0.4, -0.2) is 31.6 Å². The maximum absolute atomic E-state index is 13.2. The van der Waals surface area contributed by atoms with Crippen LogP contribution in [0.5, 0.6) is 0 Å². The van der Waals surface area contributed by atoms with Gasteiger partial charge in [-0.1, -0.05) is 54.2 Å². The van der Waals surface area contributed by atoms with Crippen LogP contribution >= 0.6 is 11.8 Å². The molecule has 1 amide bonds. The molecule has 0 unspecified atom stereocenters. The van der Waals surface area contributed by atoms with Crippen molar-refractivity contribution in [2.75, 3.05) is 5.75 Å². The fourth-order valence-corrected chi connectivity index (χ4v) is 4.36. The fraction of sp³-hybridized carbons (Fsp3) is 0.375. The molecular weight excluding hydrogens is 394 g/mol. The highest BCUT2D eigenvalue weighted by atomic mass is 32.2. The molecule has 0 saturated heterocycles. The second-order valence-corrected chi connectivity index (χ2v) is 9.55. The first-order valence-corrected chi connectivity index (χ1v) is 11.2. The fourth-order valence-electron chi connectivity index (χ4n) is 3.35. The van der Waals surface area contributed by atoms with Crippen LogP contribution in [0.25, 0.3) is 10.9 Å². The van der Waals surface area contributed by atoms with E-state index in [1.165, 1.54) is 11.8 Å². The molecule has 0 aliphatic heterocycles. The molecule has 30 heavy (non-hydrogen) atoms. The summed E-state index contributed by atoms with van der Waals surface area (Å²) >= 11 is 1.33. The van der Waals surface area contributed by atoms with Crippen molar-refractivity contribution < 1.29 is 4.79 Å². The number of para-hydroxylation sites is 1. The van der Waals surface area contributed by atoms with E-state index in [9.17, 15) is 9.59 Å². The standard InChI is InChI=1S/C24H29N3O2S/c1-17(2)27-22(29)19-13-9-10-14-20(19)25-23(27)30-16-21(28)26(24(3,4)5)15-18-11-7-6-8-12-18/h6-14,17H,15-16H2,1-5H3. The summed E-state index contributed by atoms with van der Waals surface area (Å²) < 4.78 is 1.68. The van der Waals surface area contributed by atoms with Crippen LogP contribution in [0, 0.1) is 0 Å². The van der Waals surface area contributed by atoms with Crippen LogP contribution in [0.1, 0.15) is 46.2 Å². The molecule has 3 aromatic rings. The van der Waals surface area contributed by atoms with Gasteiger partial charge in [0, 0.05) is 18.1 Å². The highest BCUT2D eigenvalue weighted by molar-refractivity contribution is 7.99. The van der Waals surface area contributed by atoms with Crippen molar-refractivity contribution in [3.63, 3.8) is 0 Å². The van der Waals surface area contributed by atoms with Crippen molar-refractivity contribution in [2.45, 2.75) is 57.9 Å². The number of carbonyl (C=O) groups excluding carboxylic acids is 1. The Kier molecular flexibility index (Phi) is 6.66. The smallest absolute Gasteiger partial charge is 0.262 e. The second-order valence-electron chi connectivity index (χ2n) is 8.61. The first-order chi connectivity index (χ1) is 14.2. The Bertz CT molecular complexity index is 1090. The maximum Gasteiger partial charge on any atom is 0.262 e. The minimum Gasteiger partial charge on any atom is -0.333 e. The Morgan fingerprint density at radius 1 is 1.07 bits per heavy atom. The van der Waals surface area contributed by atoms with E-state index in [2.05, 4.69) is 4.98 Å². The van der Waals surface area contributed by atoms with Crippen LogP contribution < -0.4 is 5.56 Å². The van der Waals surface area contributed by atoms with Gasteiger partial charge in [-0.15, -0.1) is 0 Å². The summed E-state index contributed by atoms with van der Waals surface area (Å²) in [5.74, 6) is 0.246. The van der Waals surface area contributed by atoms with E-state index in [0.29, 0.717) is 22.6 Å². The van der Waals surface area contributed by atoms with Gasteiger partial charge in [-0.2, -0.15) is 0 Å². The number of aromatic nitrogens is 2. The van der Waals surface area contributed by atoms with Crippen LogP contribution in [0.4, 0.5) is 0 Å². The van der Waals surface area contributed by atoms with E-state index in [0.717, 1.165) is 5.56 Å². The van der Waals surface area contributed by atoms with Gasteiger partial charge in [-0.05, 0) is 52.3 Å². The maximum atomic E-state index is 13.2. The van der Waals surface area contributed by atoms with Crippen molar-refractivity contribution in [2.24, 2.45) is 0 Å². The molecule has 0 radical (unpaired) electrons. The summed E-state index contributed by atoms with van der Waals surface area (Å²) in [6.45, 7) is 10.6. The number of hydrogen-bond donors (Lipinski definition) is 0. The van der Waals surface area contributed by atoms with Crippen molar-refractivity contribution in [3.8, 4) is 0 Å². The summed E-state index contributed by atoms with van der Waals surface area (Å²) in [7, 11) is 0. The van der Waals surface area contributed by atoms with Gasteiger partial charge in [0.25, 0.3) is 5.56 Å². The lowest BCUT2D eigenvalue weighted by Gasteiger charge is -2.36. The van der Waals surface area contributed by atoms with Gasteiger partial charge in [-0.3, -0.25) is 14.2 Å². The van der Waals surface area contributed by atoms with Gasteiger partial charge in [0.2, 0.25) is 5.91 Å². The summed E-state index contributed by atoms with van der Waals surface area (Å²) in [5.41, 5.74) is 1.37. The lowest BCUT2D eigenvalue weighted by atomic mass is 10.0. The Hall–Kier alpha value is -2.60. The molecule has 0 fully saturated rings. The first kappa shape index (κ1) is 22.1. The molecule has 2 aromatic carbocycles. The Balaban J connectivity index is 1.87. The molecule has 0 atom stereocenters. The van der Waals surface area contributed by atoms with Crippen LogP contribution in [0.3, 0.4) is 0 Å². The number of rotatable bonds is 6. The average molecular weight is 424 g/mol. The molecule has 6 heteroatoms. The van der Waals surface area contributed by atoms with Crippen molar-refractivity contribution in [1.82, 2.24) is 14.5 Å². The van der Waals surface area contributed by atoms with Crippen molar-refractivity contribution >= 4 is 28.6 Å². The zero-order chi connectivity index (χ0) is 21.9. The number of amides is 1. The van der Waals surface area contributed by atoms with E-state index < -0.39 is 0 Å². The third kappa shape index (κ3) is 4.93. The molecule has 0 N–H and O–H groups in total.